The van der Waals surface area contributed by atoms with Gasteiger partial charge in [-0.3, -0.25) is 4.79 Å². The van der Waals surface area contributed by atoms with Crippen LogP contribution >= 0.6 is 0 Å². The highest BCUT2D eigenvalue weighted by Crippen LogP contribution is 2.31. The van der Waals surface area contributed by atoms with Gasteiger partial charge in [-0.25, -0.2) is 0 Å². The minimum Gasteiger partial charge on any atom is -0.390 e. The third-order valence-electron chi connectivity index (χ3n) is 5.57. The molecule has 0 spiro atoms. The molecule has 1 fully saturated rings. The number of hydrogen-bond acceptors (Lipinski definition) is 2. The molecule has 0 bridgehead atoms. The van der Waals surface area contributed by atoms with E-state index >= 15 is 0 Å². The summed E-state index contributed by atoms with van der Waals surface area (Å²) < 4.78 is 0. The van der Waals surface area contributed by atoms with E-state index in [0.29, 0.717) is 19.5 Å². The quantitative estimate of drug-likeness (QED) is 0.926. The average molecular weight is 337 g/mol. The number of amides is 1. The van der Waals surface area contributed by atoms with Crippen molar-refractivity contribution in [2.75, 3.05) is 13.1 Å². The first-order chi connectivity index (χ1) is 11.9. The molecule has 1 aliphatic rings. The number of nitrogens with zero attached hydrogens (tertiary/aromatic N) is 1. The van der Waals surface area contributed by atoms with Gasteiger partial charge >= 0.3 is 0 Å². The molecule has 0 radical (unpaired) electrons. The first kappa shape index (κ1) is 17.7. The van der Waals surface area contributed by atoms with E-state index in [2.05, 4.69) is 19.1 Å². The molecule has 1 saturated heterocycles. The smallest absolute Gasteiger partial charge is 0.253 e. The van der Waals surface area contributed by atoms with E-state index < -0.39 is 5.60 Å². The van der Waals surface area contributed by atoms with Gasteiger partial charge in [0.15, 0.2) is 0 Å². The molecule has 2 atom stereocenters. The monoisotopic (exact) mass is 337 g/mol. The maximum Gasteiger partial charge on any atom is 0.253 e. The number of hydrogen-bond donors (Lipinski definition) is 1. The van der Waals surface area contributed by atoms with Gasteiger partial charge in [0.25, 0.3) is 5.91 Å². The molecule has 0 aliphatic carbocycles. The van der Waals surface area contributed by atoms with Crippen molar-refractivity contribution in [3.05, 3.63) is 70.8 Å². The molecule has 0 aromatic heterocycles. The van der Waals surface area contributed by atoms with Crippen LogP contribution in [0.3, 0.4) is 0 Å². The summed E-state index contributed by atoms with van der Waals surface area (Å²) in [5.74, 6) is 0.107. The van der Waals surface area contributed by atoms with E-state index in [9.17, 15) is 9.90 Å². The molecular formula is C22H27NO2. The van der Waals surface area contributed by atoms with E-state index in [0.717, 1.165) is 17.5 Å². The molecule has 1 amide bonds. The molecule has 2 aromatic rings. The van der Waals surface area contributed by atoms with Crippen LogP contribution < -0.4 is 0 Å². The lowest BCUT2D eigenvalue weighted by molar-refractivity contribution is -0.0507. The van der Waals surface area contributed by atoms with Crippen LogP contribution in [0.4, 0.5) is 0 Å². The van der Waals surface area contributed by atoms with Gasteiger partial charge in [-0.2, -0.15) is 0 Å². The summed E-state index contributed by atoms with van der Waals surface area (Å²) in [6, 6.07) is 16.1. The predicted molar refractivity (Wildman–Crippen MR) is 101 cm³/mol. The Morgan fingerprint density at radius 3 is 2.56 bits per heavy atom. The predicted octanol–water partition coefficient (Wildman–Crippen LogP) is 3.76. The van der Waals surface area contributed by atoms with Crippen molar-refractivity contribution in [3.63, 3.8) is 0 Å². The minimum absolute atomic E-state index is 0.0409. The molecule has 1 aliphatic heterocycles. The first-order valence-electron chi connectivity index (χ1n) is 8.99. The Labute approximate surface area is 150 Å². The highest BCUT2D eigenvalue weighted by atomic mass is 16.3. The highest BCUT2D eigenvalue weighted by molar-refractivity contribution is 5.94. The van der Waals surface area contributed by atoms with Crippen LogP contribution in [0.1, 0.15) is 40.4 Å². The zero-order valence-electron chi connectivity index (χ0n) is 15.3. The second-order valence-electron chi connectivity index (χ2n) is 7.54. The van der Waals surface area contributed by atoms with Crippen molar-refractivity contribution >= 4 is 5.91 Å². The van der Waals surface area contributed by atoms with Gasteiger partial charge in [0.1, 0.15) is 0 Å². The maximum atomic E-state index is 12.9. The Hall–Kier alpha value is -2.13. The fraction of sp³-hybridized carbons (Fsp3) is 0.409. The number of rotatable bonds is 3. The lowest BCUT2D eigenvalue weighted by Gasteiger charge is -2.43. The van der Waals surface area contributed by atoms with Gasteiger partial charge in [-0.15, -0.1) is 0 Å². The standard InChI is InChI=1S/C22H27NO2/c1-16-9-10-19(13-17(16)2)21(24)23-12-11-22(3,25)20(15-23)14-18-7-5-4-6-8-18/h4-10,13,20,25H,11-12,14-15H2,1-3H3/t20-,22+/m0/s1. The largest absolute Gasteiger partial charge is 0.390 e. The van der Waals surface area contributed by atoms with E-state index in [1.165, 1.54) is 11.1 Å². The van der Waals surface area contributed by atoms with Gasteiger partial charge in [-0.1, -0.05) is 36.4 Å². The Balaban J connectivity index is 1.77. The van der Waals surface area contributed by atoms with Gasteiger partial charge in [0.05, 0.1) is 5.60 Å². The molecular weight excluding hydrogens is 310 g/mol. The minimum atomic E-state index is -0.740. The van der Waals surface area contributed by atoms with Gasteiger partial charge in [0.2, 0.25) is 0 Å². The van der Waals surface area contributed by atoms with E-state index in [4.69, 9.17) is 0 Å². The third kappa shape index (κ3) is 3.93. The molecule has 0 saturated carbocycles. The van der Waals surface area contributed by atoms with Crippen molar-refractivity contribution < 1.29 is 9.90 Å². The van der Waals surface area contributed by atoms with Crippen molar-refractivity contribution in [1.29, 1.82) is 0 Å². The Kier molecular flexibility index (Phi) is 4.96. The van der Waals surface area contributed by atoms with Crippen LogP contribution in [0, 0.1) is 19.8 Å². The van der Waals surface area contributed by atoms with Crippen LogP contribution in [-0.4, -0.2) is 34.6 Å². The number of carbonyl (C=O) groups is 1. The number of aryl methyl sites for hydroxylation is 2. The van der Waals surface area contributed by atoms with Crippen LogP contribution in [0.5, 0.6) is 0 Å². The molecule has 3 nitrogen and oxygen atoms in total. The van der Waals surface area contributed by atoms with Crippen molar-refractivity contribution in [1.82, 2.24) is 4.90 Å². The second-order valence-corrected chi connectivity index (χ2v) is 7.54. The summed E-state index contributed by atoms with van der Waals surface area (Å²) in [5.41, 5.74) is 3.53. The molecule has 1 heterocycles. The second kappa shape index (κ2) is 7.01. The van der Waals surface area contributed by atoms with Crippen molar-refractivity contribution in [2.45, 2.75) is 39.2 Å². The van der Waals surface area contributed by atoms with Crippen molar-refractivity contribution in [3.8, 4) is 0 Å². The van der Waals surface area contributed by atoms with Gasteiger partial charge in [-0.05, 0) is 62.4 Å². The van der Waals surface area contributed by atoms with E-state index in [1.54, 1.807) is 0 Å². The number of piperidine rings is 1. The molecule has 2 aromatic carbocycles. The van der Waals surface area contributed by atoms with Gasteiger partial charge in [0, 0.05) is 24.6 Å². The Morgan fingerprint density at radius 2 is 1.88 bits per heavy atom. The fourth-order valence-electron chi connectivity index (χ4n) is 3.54. The third-order valence-corrected chi connectivity index (χ3v) is 5.57. The highest BCUT2D eigenvalue weighted by Gasteiger charge is 2.39. The average Bonchev–Trinajstić information content (AvgIpc) is 2.59. The zero-order valence-corrected chi connectivity index (χ0v) is 15.3. The summed E-state index contributed by atoms with van der Waals surface area (Å²) in [6.07, 6.45) is 1.39. The summed E-state index contributed by atoms with van der Waals surface area (Å²) >= 11 is 0. The molecule has 3 heteroatoms. The number of carbonyl (C=O) groups excluding carboxylic acids is 1. The fourth-order valence-corrected chi connectivity index (χ4v) is 3.54. The van der Waals surface area contributed by atoms with Gasteiger partial charge < -0.3 is 10.0 Å². The van der Waals surface area contributed by atoms with E-state index in [-0.39, 0.29) is 11.8 Å². The zero-order chi connectivity index (χ0) is 18.0. The van der Waals surface area contributed by atoms with Crippen LogP contribution in [0.25, 0.3) is 0 Å². The topological polar surface area (TPSA) is 40.5 Å². The Bertz CT molecular complexity index is 752. The summed E-state index contributed by atoms with van der Waals surface area (Å²) in [6.45, 7) is 7.18. The van der Waals surface area contributed by atoms with Crippen LogP contribution in [0.15, 0.2) is 48.5 Å². The summed E-state index contributed by atoms with van der Waals surface area (Å²) in [7, 11) is 0. The summed E-state index contributed by atoms with van der Waals surface area (Å²) in [4.78, 5) is 14.8. The van der Waals surface area contributed by atoms with Crippen LogP contribution in [0.2, 0.25) is 0 Å². The SMILES string of the molecule is Cc1ccc(C(=O)N2CC[C@@](C)(O)[C@@H](Cc3ccccc3)C2)cc1C. The van der Waals surface area contributed by atoms with Crippen molar-refractivity contribution in [2.24, 2.45) is 5.92 Å². The lowest BCUT2D eigenvalue weighted by atomic mass is 9.78. The normalized spacial score (nSPS) is 23.5. The van der Waals surface area contributed by atoms with Crippen LogP contribution in [-0.2, 0) is 6.42 Å². The Morgan fingerprint density at radius 1 is 1.16 bits per heavy atom. The van der Waals surface area contributed by atoms with E-state index in [1.807, 2.05) is 55.1 Å². The first-order valence-corrected chi connectivity index (χ1v) is 8.99. The number of aliphatic hydroxyl groups is 1. The number of benzene rings is 2. The molecule has 1 N–H and O–H groups in total. The lowest BCUT2D eigenvalue weighted by Crippen LogP contribution is -2.52. The molecule has 25 heavy (non-hydrogen) atoms. The maximum absolute atomic E-state index is 12.9. The summed E-state index contributed by atoms with van der Waals surface area (Å²) in [5, 5.41) is 10.8. The molecule has 0 unspecified atom stereocenters. The molecule has 132 valence electrons. The molecule has 3 rings (SSSR count). The number of likely N-dealkylation sites (tertiary alicyclic amines) is 1.